The summed E-state index contributed by atoms with van der Waals surface area (Å²) in [6.07, 6.45) is 7.04. The molecule has 2 atom stereocenters. The van der Waals surface area contributed by atoms with Gasteiger partial charge in [-0.25, -0.2) is 0 Å². The van der Waals surface area contributed by atoms with Gasteiger partial charge in [0, 0.05) is 18.7 Å². The van der Waals surface area contributed by atoms with Crippen LogP contribution in [-0.2, 0) is 11.2 Å². The number of amides is 1. The first-order valence-corrected chi connectivity index (χ1v) is 7.84. The van der Waals surface area contributed by atoms with E-state index in [0.717, 1.165) is 41.9 Å². The fraction of sp³-hybridized carbons (Fsp3) is 0.750. The van der Waals surface area contributed by atoms with E-state index >= 15 is 0 Å². The van der Waals surface area contributed by atoms with Crippen LogP contribution in [0.1, 0.15) is 49.1 Å². The summed E-state index contributed by atoms with van der Waals surface area (Å²) in [5, 5.41) is 3.93. The maximum Gasteiger partial charge on any atom is 0.227 e. The zero-order valence-corrected chi connectivity index (χ0v) is 12.5. The highest BCUT2D eigenvalue weighted by Crippen LogP contribution is 2.36. The molecule has 0 radical (unpaired) electrons. The summed E-state index contributed by atoms with van der Waals surface area (Å²) in [6, 6.07) is 0. The Morgan fingerprint density at radius 2 is 2.00 bits per heavy atom. The number of carbonyl (C=O) groups excluding carboxylic acids is 1. The molecular formula is C16H24N2O2. The van der Waals surface area contributed by atoms with Crippen LogP contribution in [0, 0.1) is 25.7 Å². The molecule has 20 heavy (non-hydrogen) atoms. The van der Waals surface area contributed by atoms with Gasteiger partial charge in [-0.1, -0.05) is 24.4 Å². The maximum atomic E-state index is 12.5. The lowest BCUT2D eigenvalue weighted by Crippen LogP contribution is -2.45. The molecule has 4 heteroatoms. The summed E-state index contributed by atoms with van der Waals surface area (Å²) >= 11 is 0. The Morgan fingerprint density at radius 1 is 1.25 bits per heavy atom. The molecule has 0 N–H and O–H groups in total. The number of likely N-dealkylation sites (tertiary alicyclic amines) is 1. The average Bonchev–Trinajstić information content (AvgIpc) is 2.78. The second kappa shape index (κ2) is 5.58. The largest absolute Gasteiger partial charge is 0.361 e. The first kappa shape index (κ1) is 13.7. The number of carbonyl (C=O) groups is 1. The summed E-state index contributed by atoms with van der Waals surface area (Å²) < 4.78 is 5.15. The van der Waals surface area contributed by atoms with Crippen molar-refractivity contribution < 1.29 is 9.32 Å². The molecule has 0 unspecified atom stereocenters. The van der Waals surface area contributed by atoms with Crippen molar-refractivity contribution in [3.63, 3.8) is 0 Å². The molecule has 1 aliphatic carbocycles. The normalized spacial score (nSPS) is 26.4. The zero-order valence-electron chi connectivity index (χ0n) is 12.5. The summed E-state index contributed by atoms with van der Waals surface area (Å²) in [4.78, 5) is 14.6. The molecule has 0 aromatic carbocycles. The molecule has 4 nitrogen and oxygen atoms in total. The molecule has 0 spiro atoms. The molecule has 1 aliphatic heterocycles. The number of nitrogens with zero attached hydrogens (tertiary/aromatic N) is 2. The molecule has 3 rings (SSSR count). The minimum Gasteiger partial charge on any atom is -0.361 e. The minimum atomic E-state index is 0.239. The Kier molecular flexibility index (Phi) is 3.81. The topological polar surface area (TPSA) is 46.3 Å². The number of fused-ring (bicyclic) bond motifs is 1. The summed E-state index contributed by atoms with van der Waals surface area (Å²) in [6.45, 7) is 5.69. The standard InChI is InChI=1S/C16H24N2O2/c1-11-15(12(2)20-17-11)9-16(19)18-8-7-13-5-3-4-6-14(13)10-18/h13-14H,3-10H2,1-2H3/t13-,14+/m0/s1. The molecule has 2 aliphatic rings. The highest BCUT2D eigenvalue weighted by Gasteiger charge is 2.33. The molecule has 2 fully saturated rings. The molecule has 1 saturated carbocycles. The number of piperidine rings is 1. The van der Waals surface area contributed by atoms with Crippen molar-refractivity contribution in [3.05, 3.63) is 17.0 Å². The summed E-state index contributed by atoms with van der Waals surface area (Å²) in [7, 11) is 0. The van der Waals surface area contributed by atoms with Gasteiger partial charge in [-0.15, -0.1) is 0 Å². The van der Waals surface area contributed by atoms with Gasteiger partial charge in [0.1, 0.15) is 5.76 Å². The second-order valence-corrected chi connectivity index (χ2v) is 6.41. The van der Waals surface area contributed by atoms with E-state index in [-0.39, 0.29) is 5.91 Å². The Morgan fingerprint density at radius 3 is 2.70 bits per heavy atom. The van der Waals surface area contributed by atoms with Gasteiger partial charge in [0.25, 0.3) is 0 Å². The Hall–Kier alpha value is -1.32. The van der Waals surface area contributed by atoms with Crippen molar-refractivity contribution in [2.75, 3.05) is 13.1 Å². The van der Waals surface area contributed by atoms with Crippen LogP contribution < -0.4 is 0 Å². The quantitative estimate of drug-likeness (QED) is 0.834. The van der Waals surface area contributed by atoms with Gasteiger partial charge >= 0.3 is 0 Å². The van der Waals surface area contributed by atoms with Crippen molar-refractivity contribution in [3.8, 4) is 0 Å². The van der Waals surface area contributed by atoms with Crippen molar-refractivity contribution in [2.24, 2.45) is 11.8 Å². The number of hydrogen-bond donors (Lipinski definition) is 0. The molecule has 1 saturated heterocycles. The highest BCUT2D eigenvalue weighted by molar-refractivity contribution is 5.79. The van der Waals surface area contributed by atoms with Crippen LogP contribution in [0.4, 0.5) is 0 Å². The number of hydrogen-bond acceptors (Lipinski definition) is 3. The summed E-state index contributed by atoms with van der Waals surface area (Å²) in [5.74, 6) is 2.63. The smallest absolute Gasteiger partial charge is 0.227 e. The van der Waals surface area contributed by atoms with E-state index in [9.17, 15) is 4.79 Å². The molecule has 1 aromatic heterocycles. The predicted octanol–water partition coefficient (Wildman–Crippen LogP) is 2.87. The maximum absolute atomic E-state index is 12.5. The number of aromatic nitrogens is 1. The summed E-state index contributed by atoms with van der Waals surface area (Å²) in [5.41, 5.74) is 1.82. The molecule has 2 heterocycles. The van der Waals surface area contributed by atoms with Crippen LogP contribution in [-0.4, -0.2) is 29.1 Å². The highest BCUT2D eigenvalue weighted by atomic mass is 16.5. The molecule has 110 valence electrons. The molecule has 0 bridgehead atoms. The third-order valence-electron chi connectivity index (χ3n) is 5.15. The predicted molar refractivity (Wildman–Crippen MR) is 76.3 cm³/mol. The SMILES string of the molecule is Cc1noc(C)c1CC(=O)N1CC[C@@H]2CCCC[C@@H]2C1. The van der Waals surface area contributed by atoms with Crippen molar-refractivity contribution in [2.45, 2.75) is 52.4 Å². The zero-order chi connectivity index (χ0) is 14.1. The van der Waals surface area contributed by atoms with Gasteiger partial charge in [0.2, 0.25) is 5.91 Å². The van der Waals surface area contributed by atoms with Crippen molar-refractivity contribution in [1.29, 1.82) is 0 Å². The lowest BCUT2D eigenvalue weighted by Gasteiger charge is -2.41. The second-order valence-electron chi connectivity index (χ2n) is 6.41. The van der Waals surface area contributed by atoms with E-state index in [4.69, 9.17) is 4.52 Å². The van der Waals surface area contributed by atoms with E-state index in [2.05, 4.69) is 10.1 Å². The van der Waals surface area contributed by atoms with Crippen LogP contribution >= 0.6 is 0 Å². The fourth-order valence-corrected chi connectivity index (χ4v) is 3.84. The average molecular weight is 276 g/mol. The van der Waals surface area contributed by atoms with Crippen LogP contribution in [0.2, 0.25) is 0 Å². The minimum absolute atomic E-state index is 0.239. The molecule has 1 aromatic rings. The Balaban J connectivity index is 1.63. The lowest BCUT2D eigenvalue weighted by molar-refractivity contribution is -0.133. The van der Waals surface area contributed by atoms with Crippen LogP contribution in [0.25, 0.3) is 0 Å². The van der Waals surface area contributed by atoms with Gasteiger partial charge in [-0.2, -0.15) is 0 Å². The van der Waals surface area contributed by atoms with E-state index in [1.165, 1.54) is 32.1 Å². The van der Waals surface area contributed by atoms with Gasteiger partial charge < -0.3 is 9.42 Å². The van der Waals surface area contributed by atoms with E-state index in [1.807, 2.05) is 13.8 Å². The first-order valence-electron chi connectivity index (χ1n) is 7.84. The van der Waals surface area contributed by atoms with Gasteiger partial charge in [-0.05, 0) is 38.5 Å². The third kappa shape index (κ3) is 2.60. The number of aryl methyl sites for hydroxylation is 2. The molecule has 1 amide bonds. The van der Waals surface area contributed by atoms with Gasteiger partial charge in [0.05, 0.1) is 12.1 Å². The van der Waals surface area contributed by atoms with Gasteiger partial charge in [-0.3, -0.25) is 4.79 Å². The van der Waals surface area contributed by atoms with E-state index in [1.54, 1.807) is 0 Å². The van der Waals surface area contributed by atoms with Crippen molar-refractivity contribution >= 4 is 5.91 Å². The van der Waals surface area contributed by atoms with Crippen molar-refractivity contribution in [1.82, 2.24) is 10.1 Å². The Bertz CT molecular complexity index is 475. The first-order chi connectivity index (χ1) is 9.65. The van der Waals surface area contributed by atoms with Gasteiger partial charge in [0.15, 0.2) is 0 Å². The third-order valence-corrected chi connectivity index (χ3v) is 5.15. The van der Waals surface area contributed by atoms with Crippen LogP contribution in [0.15, 0.2) is 4.52 Å². The lowest BCUT2D eigenvalue weighted by atomic mass is 9.75. The monoisotopic (exact) mass is 276 g/mol. The Labute approximate surface area is 120 Å². The van der Waals surface area contributed by atoms with E-state index < -0.39 is 0 Å². The fourth-order valence-electron chi connectivity index (χ4n) is 3.84. The van der Waals surface area contributed by atoms with E-state index in [0.29, 0.717) is 6.42 Å². The molecular weight excluding hydrogens is 252 g/mol. The number of rotatable bonds is 2. The van der Waals surface area contributed by atoms with Crippen LogP contribution in [0.3, 0.4) is 0 Å². The van der Waals surface area contributed by atoms with Crippen LogP contribution in [0.5, 0.6) is 0 Å².